The van der Waals surface area contributed by atoms with Gasteiger partial charge in [0.1, 0.15) is 10.0 Å². The lowest BCUT2D eigenvalue weighted by Crippen LogP contribution is -2.46. The Morgan fingerprint density at radius 3 is 2.56 bits per heavy atom. The van der Waals surface area contributed by atoms with Crippen molar-refractivity contribution in [1.29, 1.82) is 0 Å². The number of hydrogen-bond acceptors (Lipinski definition) is 5. The van der Waals surface area contributed by atoms with Crippen LogP contribution in [0.1, 0.15) is 26.7 Å². The van der Waals surface area contributed by atoms with Crippen molar-refractivity contribution in [1.82, 2.24) is 19.5 Å². The molecule has 0 spiro atoms. The maximum absolute atomic E-state index is 12.7. The molecule has 1 aliphatic rings. The first kappa shape index (κ1) is 22.1. The summed E-state index contributed by atoms with van der Waals surface area (Å²) in [6.45, 7) is 6.28. The third-order valence-corrected chi connectivity index (χ3v) is 7.00. The molecule has 1 aliphatic heterocycles. The Morgan fingerprint density at radius 1 is 1.37 bits per heavy atom. The van der Waals surface area contributed by atoms with Crippen LogP contribution in [0.15, 0.2) is 23.2 Å². The first-order valence-corrected chi connectivity index (χ1v) is 10.9. The van der Waals surface area contributed by atoms with Crippen LogP contribution >= 0.6 is 11.6 Å². The number of halogens is 1. The maximum atomic E-state index is 12.7. The molecule has 1 amide bonds. The number of rotatable bonds is 7. The average molecular weight is 417 g/mol. The Kier molecular flexibility index (Phi) is 7.24. The van der Waals surface area contributed by atoms with Crippen molar-refractivity contribution in [2.45, 2.75) is 31.6 Å². The van der Waals surface area contributed by atoms with Crippen molar-refractivity contribution in [3.63, 3.8) is 0 Å². The van der Waals surface area contributed by atoms with Gasteiger partial charge in [-0.15, -0.1) is 0 Å². The second-order valence-electron chi connectivity index (χ2n) is 8.09. The molecule has 1 aromatic rings. The van der Waals surface area contributed by atoms with Gasteiger partial charge in [-0.3, -0.25) is 4.79 Å². The van der Waals surface area contributed by atoms with Crippen LogP contribution in [0.25, 0.3) is 0 Å². The summed E-state index contributed by atoms with van der Waals surface area (Å²) in [6, 6.07) is 3.00. The van der Waals surface area contributed by atoms with E-state index < -0.39 is 10.0 Å². The molecule has 9 heteroatoms. The van der Waals surface area contributed by atoms with Crippen LogP contribution in [0, 0.1) is 11.3 Å². The molecular formula is C18H29ClN4O3S. The van der Waals surface area contributed by atoms with E-state index in [4.69, 9.17) is 11.6 Å². The molecule has 0 aromatic carbocycles. The average Bonchev–Trinajstić information content (AvgIpc) is 2.59. The Hall–Kier alpha value is -1.22. The number of nitrogens with one attached hydrogen (secondary N) is 1. The van der Waals surface area contributed by atoms with Crippen LogP contribution in [-0.4, -0.2) is 68.8 Å². The lowest BCUT2D eigenvalue weighted by molar-refractivity contribution is -0.126. The maximum Gasteiger partial charge on any atom is 0.246 e. The molecule has 2 heterocycles. The Balaban J connectivity index is 1.91. The van der Waals surface area contributed by atoms with E-state index >= 15 is 0 Å². The molecule has 0 saturated carbocycles. The van der Waals surface area contributed by atoms with Gasteiger partial charge in [0, 0.05) is 38.3 Å². The number of hydrogen-bond donors (Lipinski definition) is 1. The molecule has 0 unspecified atom stereocenters. The number of amides is 1. The fourth-order valence-corrected chi connectivity index (χ4v) is 5.34. The topological polar surface area (TPSA) is 82.6 Å². The van der Waals surface area contributed by atoms with E-state index in [1.807, 2.05) is 14.1 Å². The molecule has 0 radical (unpaired) electrons. The zero-order valence-electron chi connectivity index (χ0n) is 16.4. The highest BCUT2D eigenvalue weighted by Crippen LogP contribution is 2.27. The van der Waals surface area contributed by atoms with Crippen molar-refractivity contribution in [2.75, 3.05) is 40.3 Å². The summed E-state index contributed by atoms with van der Waals surface area (Å²) in [5.41, 5.74) is -0.0275. The molecular weight excluding hydrogens is 388 g/mol. The van der Waals surface area contributed by atoms with Crippen LogP contribution in [0.2, 0.25) is 5.15 Å². The van der Waals surface area contributed by atoms with E-state index in [9.17, 15) is 13.2 Å². The number of pyridine rings is 1. The third kappa shape index (κ3) is 5.88. The molecule has 27 heavy (non-hydrogen) atoms. The first-order chi connectivity index (χ1) is 12.5. The molecule has 2 rings (SSSR count). The van der Waals surface area contributed by atoms with E-state index in [0.717, 1.165) is 6.54 Å². The van der Waals surface area contributed by atoms with Crippen LogP contribution < -0.4 is 5.32 Å². The van der Waals surface area contributed by atoms with Gasteiger partial charge in [-0.1, -0.05) is 25.4 Å². The van der Waals surface area contributed by atoms with Crippen molar-refractivity contribution in [3.8, 4) is 0 Å². The molecule has 1 N–H and O–H groups in total. The van der Waals surface area contributed by atoms with Gasteiger partial charge in [0.25, 0.3) is 0 Å². The van der Waals surface area contributed by atoms with Gasteiger partial charge in [0.15, 0.2) is 0 Å². The lowest BCUT2D eigenvalue weighted by atomic mass is 9.91. The SMILES string of the molecule is CN(C)CC(C)(C)CNC(=O)C1CCN(S(=O)(=O)c2cccnc2Cl)CC1. The summed E-state index contributed by atoms with van der Waals surface area (Å²) in [7, 11) is 0.327. The predicted octanol–water partition coefficient (Wildman–Crippen LogP) is 1.84. The highest BCUT2D eigenvalue weighted by Gasteiger charge is 2.33. The summed E-state index contributed by atoms with van der Waals surface area (Å²) in [5.74, 6) is -0.172. The van der Waals surface area contributed by atoms with E-state index in [0.29, 0.717) is 32.5 Å². The van der Waals surface area contributed by atoms with Crippen LogP contribution in [0.5, 0.6) is 0 Å². The van der Waals surface area contributed by atoms with E-state index in [1.165, 1.54) is 16.6 Å². The monoisotopic (exact) mass is 416 g/mol. The largest absolute Gasteiger partial charge is 0.355 e. The van der Waals surface area contributed by atoms with Gasteiger partial charge in [-0.25, -0.2) is 13.4 Å². The Labute approximate surface area is 167 Å². The summed E-state index contributed by atoms with van der Waals surface area (Å²) in [5, 5.41) is 3.00. The molecule has 0 aliphatic carbocycles. The van der Waals surface area contributed by atoms with Crippen LogP contribution in [0.3, 0.4) is 0 Å². The molecule has 1 aromatic heterocycles. The second-order valence-corrected chi connectivity index (χ2v) is 10.4. The first-order valence-electron chi connectivity index (χ1n) is 9.06. The van der Waals surface area contributed by atoms with Crippen molar-refractivity contribution < 1.29 is 13.2 Å². The molecule has 7 nitrogen and oxygen atoms in total. The summed E-state index contributed by atoms with van der Waals surface area (Å²) in [4.78, 5) is 18.4. The third-order valence-electron chi connectivity index (χ3n) is 4.65. The molecule has 1 fully saturated rings. The zero-order valence-corrected chi connectivity index (χ0v) is 18.0. The smallest absolute Gasteiger partial charge is 0.246 e. The predicted molar refractivity (Wildman–Crippen MR) is 106 cm³/mol. The quantitative estimate of drug-likeness (QED) is 0.686. The lowest BCUT2D eigenvalue weighted by Gasteiger charge is -2.32. The van der Waals surface area contributed by atoms with E-state index in [1.54, 1.807) is 6.07 Å². The van der Waals surface area contributed by atoms with Crippen LogP contribution in [-0.2, 0) is 14.8 Å². The second kappa shape index (κ2) is 8.86. The summed E-state index contributed by atoms with van der Waals surface area (Å²) >= 11 is 5.94. The minimum Gasteiger partial charge on any atom is -0.355 e. The highest BCUT2D eigenvalue weighted by atomic mass is 35.5. The van der Waals surface area contributed by atoms with E-state index in [-0.39, 0.29) is 27.3 Å². The van der Waals surface area contributed by atoms with Gasteiger partial charge >= 0.3 is 0 Å². The number of nitrogens with zero attached hydrogens (tertiary/aromatic N) is 3. The van der Waals surface area contributed by atoms with Crippen LogP contribution in [0.4, 0.5) is 0 Å². The molecule has 0 bridgehead atoms. The number of carbonyl (C=O) groups excluding carboxylic acids is 1. The highest BCUT2D eigenvalue weighted by molar-refractivity contribution is 7.89. The Morgan fingerprint density at radius 2 is 2.00 bits per heavy atom. The molecule has 0 atom stereocenters. The van der Waals surface area contributed by atoms with Gasteiger partial charge in [-0.2, -0.15) is 4.31 Å². The number of sulfonamides is 1. The van der Waals surface area contributed by atoms with E-state index in [2.05, 4.69) is 29.0 Å². The standard InChI is InChI=1S/C18H29ClN4O3S/c1-18(2,13-22(3)4)12-21-17(24)14-7-10-23(11-8-14)27(25,26)15-6-5-9-20-16(15)19/h5-6,9,14H,7-8,10-13H2,1-4H3,(H,21,24). The Bertz CT molecular complexity index is 760. The van der Waals surface area contributed by atoms with Gasteiger partial charge < -0.3 is 10.2 Å². The summed E-state index contributed by atoms with van der Waals surface area (Å²) in [6.07, 6.45) is 2.45. The number of carbonyl (C=O) groups is 1. The fourth-order valence-electron chi connectivity index (χ4n) is 3.44. The number of aromatic nitrogens is 1. The van der Waals surface area contributed by atoms with Crippen molar-refractivity contribution >= 4 is 27.5 Å². The van der Waals surface area contributed by atoms with Gasteiger partial charge in [0.05, 0.1) is 0 Å². The minimum absolute atomic E-state index is 0.00158. The minimum atomic E-state index is -3.69. The molecule has 1 saturated heterocycles. The van der Waals surface area contributed by atoms with Crippen molar-refractivity contribution in [3.05, 3.63) is 23.5 Å². The van der Waals surface area contributed by atoms with Gasteiger partial charge in [-0.05, 0) is 44.5 Å². The zero-order chi connectivity index (χ0) is 20.2. The fraction of sp³-hybridized carbons (Fsp3) is 0.667. The normalized spacial score (nSPS) is 17.3. The van der Waals surface area contributed by atoms with Gasteiger partial charge in [0.2, 0.25) is 15.9 Å². The molecule has 152 valence electrons. The summed E-state index contributed by atoms with van der Waals surface area (Å²) < 4.78 is 26.9. The number of piperidine rings is 1. The van der Waals surface area contributed by atoms with Crippen molar-refractivity contribution in [2.24, 2.45) is 11.3 Å².